The molecule has 0 bridgehead atoms. The van der Waals surface area contributed by atoms with Crippen LogP contribution in [0.25, 0.3) is 0 Å². The fourth-order valence-electron chi connectivity index (χ4n) is 3.11. The maximum absolute atomic E-state index is 5.09. The number of anilines is 1. The Morgan fingerprint density at radius 3 is 3.09 bits per heavy atom. The van der Waals surface area contributed by atoms with Gasteiger partial charge in [0.05, 0.1) is 12.6 Å². The predicted molar refractivity (Wildman–Crippen MR) is 90.4 cm³/mol. The van der Waals surface area contributed by atoms with Gasteiger partial charge in [-0.15, -0.1) is 0 Å². The summed E-state index contributed by atoms with van der Waals surface area (Å²) < 4.78 is 9.50. The number of nitrogens with zero attached hydrogens (tertiary/aromatic N) is 2. The first-order chi connectivity index (χ1) is 10.8. The molecule has 2 atom stereocenters. The van der Waals surface area contributed by atoms with Gasteiger partial charge in [-0.05, 0) is 36.3 Å². The van der Waals surface area contributed by atoms with Gasteiger partial charge >= 0.3 is 0 Å². The van der Waals surface area contributed by atoms with Crippen molar-refractivity contribution in [3.63, 3.8) is 0 Å². The van der Waals surface area contributed by atoms with E-state index >= 15 is 0 Å². The molecule has 0 spiro atoms. The Bertz CT molecular complexity index is 613. The van der Waals surface area contributed by atoms with Crippen LogP contribution in [0.1, 0.15) is 42.8 Å². The van der Waals surface area contributed by atoms with Crippen molar-refractivity contribution in [3.05, 3.63) is 41.2 Å². The van der Waals surface area contributed by atoms with E-state index in [-0.39, 0.29) is 0 Å². The largest absolute Gasteiger partial charge is 0.384 e. The van der Waals surface area contributed by atoms with Crippen molar-refractivity contribution < 1.29 is 4.74 Å². The van der Waals surface area contributed by atoms with Crippen LogP contribution in [0, 0.1) is 5.92 Å². The molecule has 1 N–H and O–H groups in total. The maximum Gasteiger partial charge on any atom is 0.203 e. The molecule has 0 radical (unpaired) electrons. The molecule has 1 aromatic heterocycles. The number of nitrogens with one attached hydrogen (secondary N) is 1. The van der Waals surface area contributed by atoms with E-state index in [2.05, 4.69) is 45.9 Å². The zero-order valence-corrected chi connectivity index (χ0v) is 14.0. The molecule has 1 aliphatic carbocycles. The molecule has 1 aromatic carbocycles. The van der Waals surface area contributed by atoms with Crippen LogP contribution in [0.15, 0.2) is 24.3 Å². The fourth-order valence-corrected chi connectivity index (χ4v) is 3.76. The lowest BCUT2D eigenvalue weighted by Crippen LogP contribution is -2.18. The van der Waals surface area contributed by atoms with Crippen molar-refractivity contribution in [3.8, 4) is 0 Å². The molecule has 1 aliphatic rings. The second-order valence-corrected chi connectivity index (χ2v) is 6.70. The summed E-state index contributed by atoms with van der Waals surface area (Å²) in [5, 5.41) is 4.54. The van der Waals surface area contributed by atoms with Gasteiger partial charge in [0.25, 0.3) is 0 Å². The summed E-state index contributed by atoms with van der Waals surface area (Å²) in [5.41, 5.74) is 2.88. The van der Waals surface area contributed by atoms with Gasteiger partial charge < -0.3 is 10.1 Å². The standard InChI is InChI=1S/C17H23N3OS/c1-12-6-5-8-13-7-3-4-9-14(13)16(12)19-17-18-15(20-22-17)10-11-21-2/h3-4,7,9,12,16H,5-6,8,10-11H2,1-2H3,(H,18,19,20). The SMILES string of the molecule is COCCc1nsc(NC2c3ccccc3CCCC2C)n1. The van der Waals surface area contributed by atoms with Gasteiger partial charge in [-0.2, -0.15) is 4.37 Å². The Morgan fingerprint density at radius 1 is 1.36 bits per heavy atom. The zero-order chi connectivity index (χ0) is 15.4. The summed E-state index contributed by atoms with van der Waals surface area (Å²) in [6.07, 6.45) is 4.44. The van der Waals surface area contributed by atoms with E-state index in [1.54, 1.807) is 7.11 Å². The summed E-state index contributed by atoms with van der Waals surface area (Å²) in [6.45, 7) is 2.99. The smallest absolute Gasteiger partial charge is 0.203 e. The summed E-state index contributed by atoms with van der Waals surface area (Å²) in [5.74, 6) is 1.46. The summed E-state index contributed by atoms with van der Waals surface area (Å²) in [4.78, 5) is 4.60. The van der Waals surface area contributed by atoms with Gasteiger partial charge in [-0.1, -0.05) is 31.2 Å². The van der Waals surface area contributed by atoms with E-state index in [9.17, 15) is 0 Å². The van der Waals surface area contributed by atoms with E-state index in [1.807, 2.05) is 0 Å². The number of ether oxygens (including phenoxy) is 1. The van der Waals surface area contributed by atoms with Crippen molar-refractivity contribution in [2.24, 2.45) is 5.92 Å². The highest BCUT2D eigenvalue weighted by Crippen LogP contribution is 2.35. The van der Waals surface area contributed by atoms with E-state index < -0.39 is 0 Å². The molecule has 2 aromatic rings. The molecule has 22 heavy (non-hydrogen) atoms. The molecule has 3 rings (SSSR count). The van der Waals surface area contributed by atoms with Crippen LogP contribution >= 0.6 is 11.5 Å². The highest BCUT2D eigenvalue weighted by atomic mass is 32.1. The number of hydrogen-bond donors (Lipinski definition) is 1. The maximum atomic E-state index is 5.09. The van der Waals surface area contributed by atoms with Crippen LogP contribution in [0.4, 0.5) is 5.13 Å². The Hall–Kier alpha value is -1.46. The lowest BCUT2D eigenvalue weighted by atomic mass is 9.92. The number of methoxy groups -OCH3 is 1. The first kappa shape index (κ1) is 15.4. The van der Waals surface area contributed by atoms with Crippen molar-refractivity contribution in [1.29, 1.82) is 0 Å². The fraction of sp³-hybridized carbons (Fsp3) is 0.529. The third kappa shape index (κ3) is 3.47. The molecule has 5 heteroatoms. The topological polar surface area (TPSA) is 47.0 Å². The molecule has 1 heterocycles. The van der Waals surface area contributed by atoms with Gasteiger partial charge in [0, 0.05) is 25.1 Å². The van der Waals surface area contributed by atoms with Gasteiger partial charge in [0.15, 0.2) is 0 Å². The lowest BCUT2D eigenvalue weighted by molar-refractivity contribution is 0.201. The molecule has 0 saturated carbocycles. The van der Waals surface area contributed by atoms with Gasteiger partial charge in [-0.3, -0.25) is 0 Å². The molecule has 0 aliphatic heterocycles. The quantitative estimate of drug-likeness (QED) is 0.851. The third-order valence-electron chi connectivity index (χ3n) is 4.34. The van der Waals surface area contributed by atoms with Crippen LogP contribution < -0.4 is 5.32 Å². The zero-order valence-electron chi connectivity index (χ0n) is 13.2. The third-order valence-corrected chi connectivity index (χ3v) is 5.03. The molecule has 0 saturated heterocycles. The van der Waals surface area contributed by atoms with Gasteiger partial charge in [0.2, 0.25) is 5.13 Å². The minimum atomic E-state index is 0.321. The van der Waals surface area contributed by atoms with Crippen molar-refractivity contribution in [1.82, 2.24) is 9.36 Å². The number of hydrogen-bond acceptors (Lipinski definition) is 5. The van der Waals surface area contributed by atoms with Crippen LogP contribution in [0.5, 0.6) is 0 Å². The Morgan fingerprint density at radius 2 is 2.23 bits per heavy atom. The summed E-state index contributed by atoms with van der Waals surface area (Å²) >= 11 is 1.45. The highest BCUT2D eigenvalue weighted by Gasteiger charge is 2.25. The van der Waals surface area contributed by atoms with Gasteiger partial charge in [0.1, 0.15) is 5.82 Å². The van der Waals surface area contributed by atoms with Crippen LogP contribution in [0.2, 0.25) is 0 Å². The molecule has 2 unspecified atom stereocenters. The van der Waals surface area contributed by atoms with Crippen LogP contribution in [-0.2, 0) is 17.6 Å². The Labute approximate surface area is 136 Å². The predicted octanol–water partition coefficient (Wildman–Crippen LogP) is 3.85. The van der Waals surface area contributed by atoms with E-state index in [0.717, 1.165) is 17.4 Å². The van der Waals surface area contributed by atoms with E-state index in [4.69, 9.17) is 4.74 Å². The Kier molecular flexibility index (Phi) is 5.05. The lowest BCUT2D eigenvalue weighted by Gasteiger charge is -2.24. The van der Waals surface area contributed by atoms with E-state index in [0.29, 0.717) is 18.6 Å². The van der Waals surface area contributed by atoms with Crippen molar-refractivity contribution in [2.75, 3.05) is 19.0 Å². The van der Waals surface area contributed by atoms with Crippen LogP contribution in [0.3, 0.4) is 0 Å². The van der Waals surface area contributed by atoms with Crippen LogP contribution in [-0.4, -0.2) is 23.1 Å². The number of aromatic nitrogens is 2. The first-order valence-electron chi connectivity index (χ1n) is 7.94. The van der Waals surface area contributed by atoms with Crippen molar-refractivity contribution in [2.45, 2.75) is 38.6 Å². The second-order valence-electron chi connectivity index (χ2n) is 5.95. The molecular weight excluding hydrogens is 294 g/mol. The minimum absolute atomic E-state index is 0.321. The summed E-state index contributed by atoms with van der Waals surface area (Å²) in [7, 11) is 1.70. The first-order valence-corrected chi connectivity index (χ1v) is 8.71. The van der Waals surface area contributed by atoms with Crippen molar-refractivity contribution >= 4 is 16.7 Å². The van der Waals surface area contributed by atoms with E-state index in [1.165, 1.54) is 41.9 Å². The second kappa shape index (κ2) is 7.20. The number of aryl methyl sites for hydroxylation is 1. The molecule has 0 fully saturated rings. The number of rotatable bonds is 5. The average molecular weight is 317 g/mol. The van der Waals surface area contributed by atoms with Gasteiger partial charge in [-0.25, -0.2) is 4.98 Å². The average Bonchev–Trinajstić information content (AvgIpc) is 2.92. The monoisotopic (exact) mass is 317 g/mol. The minimum Gasteiger partial charge on any atom is -0.384 e. The molecule has 118 valence electrons. The molecule has 4 nitrogen and oxygen atoms in total. The normalized spacial score (nSPS) is 21.2. The number of fused-ring (bicyclic) bond motifs is 1. The Balaban J connectivity index is 1.79. The summed E-state index contributed by atoms with van der Waals surface area (Å²) in [6, 6.07) is 9.10. The molecule has 0 amide bonds. The highest BCUT2D eigenvalue weighted by molar-refractivity contribution is 7.09. The number of benzene rings is 1. The molecular formula is C17H23N3OS.